The molecular weight excluding hydrogens is 476 g/mol. The van der Waals surface area contributed by atoms with E-state index in [2.05, 4.69) is 10.4 Å². The van der Waals surface area contributed by atoms with Crippen molar-refractivity contribution in [2.45, 2.75) is 25.5 Å². The molecule has 6 nitrogen and oxygen atoms in total. The van der Waals surface area contributed by atoms with Crippen molar-refractivity contribution in [3.63, 3.8) is 0 Å². The number of carbonyl (C=O) groups excluding carboxylic acids is 1. The van der Waals surface area contributed by atoms with E-state index in [1.165, 1.54) is 24.3 Å². The SMILES string of the molecule is CC1(C)Oc2cc(NC(=O)n3cc(-c4ccc(F)cc4)c(-c4ccc(F)cc4)n3)cc(CCl)c2O1. The van der Waals surface area contributed by atoms with Crippen molar-refractivity contribution in [3.05, 3.63) is 84.1 Å². The van der Waals surface area contributed by atoms with Crippen molar-refractivity contribution in [3.8, 4) is 33.9 Å². The zero-order valence-corrected chi connectivity index (χ0v) is 19.6. The fourth-order valence-electron chi connectivity index (χ4n) is 3.87. The fraction of sp³-hybridized carbons (Fsp3) is 0.154. The van der Waals surface area contributed by atoms with E-state index in [1.54, 1.807) is 56.4 Å². The van der Waals surface area contributed by atoms with E-state index in [-0.39, 0.29) is 11.7 Å². The lowest BCUT2D eigenvalue weighted by Crippen LogP contribution is -2.29. The maximum atomic E-state index is 13.5. The van der Waals surface area contributed by atoms with Gasteiger partial charge >= 0.3 is 6.03 Å². The molecule has 0 unspecified atom stereocenters. The fourth-order valence-corrected chi connectivity index (χ4v) is 4.07. The van der Waals surface area contributed by atoms with Crippen LogP contribution in [-0.2, 0) is 5.88 Å². The minimum Gasteiger partial charge on any atom is -0.449 e. The topological polar surface area (TPSA) is 65.4 Å². The lowest BCUT2D eigenvalue weighted by atomic mass is 10.0. The standard InChI is InChI=1S/C26H20ClF2N3O3/c1-26(2)34-22-12-20(11-17(13-27)24(22)35-26)30-25(33)32-14-21(15-3-7-18(28)8-4-15)23(31-32)16-5-9-19(29)10-6-16/h3-12,14H,13H2,1-2H3,(H,30,33). The summed E-state index contributed by atoms with van der Waals surface area (Å²) in [6, 6.07) is 14.4. The van der Waals surface area contributed by atoms with Crippen LogP contribution in [-0.4, -0.2) is 21.6 Å². The Kier molecular flexibility index (Phi) is 5.68. The Morgan fingerprint density at radius 3 is 2.26 bits per heavy atom. The Morgan fingerprint density at radius 1 is 1.00 bits per heavy atom. The summed E-state index contributed by atoms with van der Waals surface area (Å²) in [6.45, 7) is 3.56. The number of aromatic nitrogens is 2. The van der Waals surface area contributed by atoms with Gasteiger partial charge in [0.05, 0.1) is 5.88 Å². The Labute approximate surface area is 205 Å². The molecule has 4 aromatic rings. The predicted molar refractivity (Wildman–Crippen MR) is 129 cm³/mol. The molecule has 1 aliphatic rings. The van der Waals surface area contributed by atoms with Crippen LogP contribution in [0.5, 0.6) is 11.5 Å². The summed E-state index contributed by atoms with van der Waals surface area (Å²) in [7, 11) is 0. The Hall–Kier alpha value is -3.91. The van der Waals surface area contributed by atoms with Gasteiger partial charge in [-0.15, -0.1) is 11.6 Å². The molecule has 0 bridgehead atoms. The van der Waals surface area contributed by atoms with Gasteiger partial charge in [-0.1, -0.05) is 12.1 Å². The summed E-state index contributed by atoms with van der Waals surface area (Å²) in [6.07, 6.45) is 1.54. The number of fused-ring (bicyclic) bond motifs is 1. The number of halogens is 3. The van der Waals surface area contributed by atoms with E-state index in [0.717, 1.165) is 4.68 Å². The van der Waals surface area contributed by atoms with Gasteiger partial charge in [-0.2, -0.15) is 9.78 Å². The van der Waals surface area contributed by atoms with Crippen molar-refractivity contribution in [1.29, 1.82) is 0 Å². The van der Waals surface area contributed by atoms with E-state index in [0.29, 0.717) is 45.1 Å². The first-order valence-electron chi connectivity index (χ1n) is 10.8. The Bertz CT molecular complexity index is 1350. The third-order valence-electron chi connectivity index (χ3n) is 5.43. The van der Waals surface area contributed by atoms with Crippen molar-refractivity contribution >= 4 is 23.3 Å². The van der Waals surface area contributed by atoms with Crippen molar-refractivity contribution in [2.24, 2.45) is 0 Å². The first-order valence-corrected chi connectivity index (χ1v) is 11.3. The molecule has 0 aliphatic carbocycles. The molecule has 1 aromatic heterocycles. The van der Waals surface area contributed by atoms with Gasteiger partial charge in [-0.25, -0.2) is 13.6 Å². The van der Waals surface area contributed by atoms with Crippen LogP contribution in [0.25, 0.3) is 22.4 Å². The van der Waals surface area contributed by atoms with Crippen molar-refractivity contribution in [2.75, 3.05) is 5.32 Å². The summed E-state index contributed by atoms with van der Waals surface area (Å²) in [5.74, 6) is -0.445. The third kappa shape index (κ3) is 4.57. The number of nitrogens with one attached hydrogen (secondary N) is 1. The minimum absolute atomic E-state index is 0.163. The van der Waals surface area contributed by atoms with Gasteiger partial charge in [0.15, 0.2) is 11.5 Å². The first kappa shape index (κ1) is 22.9. The molecule has 1 N–H and O–H groups in total. The van der Waals surface area contributed by atoms with Crippen LogP contribution < -0.4 is 14.8 Å². The van der Waals surface area contributed by atoms with E-state index >= 15 is 0 Å². The molecule has 0 spiro atoms. The molecule has 0 fully saturated rings. The van der Waals surface area contributed by atoms with Crippen molar-refractivity contribution in [1.82, 2.24) is 9.78 Å². The molecule has 2 heterocycles. The molecule has 178 valence electrons. The molecule has 0 saturated heterocycles. The van der Waals surface area contributed by atoms with Crippen LogP contribution >= 0.6 is 11.6 Å². The van der Waals surface area contributed by atoms with Gasteiger partial charge in [-0.3, -0.25) is 0 Å². The van der Waals surface area contributed by atoms with E-state index in [1.807, 2.05) is 0 Å². The molecule has 9 heteroatoms. The summed E-state index contributed by atoms with van der Waals surface area (Å²) in [5, 5.41) is 7.25. The molecular formula is C26H20ClF2N3O3. The molecule has 1 aliphatic heterocycles. The summed E-state index contributed by atoms with van der Waals surface area (Å²) in [5.41, 5.74) is 3.41. The van der Waals surface area contributed by atoms with Gasteiger partial charge in [-0.05, 0) is 48.0 Å². The zero-order valence-electron chi connectivity index (χ0n) is 18.8. The molecule has 0 radical (unpaired) electrons. The monoisotopic (exact) mass is 495 g/mol. The van der Waals surface area contributed by atoms with Crippen molar-refractivity contribution < 1.29 is 23.0 Å². The number of ether oxygens (including phenoxy) is 2. The normalized spacial score (nSPS) is 13.6. The largest absolute Gasteiger partial charge is 0.449 e. The second kappa shape index (κ2) is 8.70. The van der Waals surface area contributed by atoms with Crippen LogP contribution in [0.15, 0.2) is 66.9 Å². The number of nitrogens with zero attached hydrogens (tertiary/aromatic N) is 2. The van der Waals surface area contributed by atoms with Crippen LogP contribution in [0.1, 0.15) is 19.4 Å². The predicted octanol–water partition coefficient (Wildman–Crippen LogP) is 6.82. The highest BCUT2D eigenvalue weighted by Crippen LogP contribution is 2.44. The molecule has 3 aromatic carbocycles. The summed E-state index contributed by atoms with van der Waals surface area (Å²) >= 11 is 6.09. The third-order valence-corrected chi connectivity index (χ3v) is 5.71. The highest BCUT2D eigenvalue weighted by Gasteiger charge is 2.34. The Balaban J connectivity index is 1.51. The van der Waals surface area contributed by atoms with Crippen LogP contribution in [0.3, 0.4) is 0 Å². The number of anilines is 1. The lowest BCUT2D eigenvalue weighted by Gasteiger charge is -2.16. The zero-order chi connectivity index (χ0) is 24.7. The number of alkyl halides is 1. The molecule has 5 rings (SSSR count). The maximum absolute atomic E-state index is 13.5. The summed E-state index contributed by atoms with van der Waals surface area (Å²) in [4.78, 5) is 13.1. The lowest BCUT2D eigenvalue weighted by molar-refractivity contribution is -0.0434. The quantitative estimate of drug-likeness (QED) is 0.315. The second-order valence-electron chi connectivity index (χ2n) is 8.48. The molecule has 1 amide bonds. The Morgan fingerprint density at radius 2 is 1.63 bits per heavy atom. The van der Waals surface area contributed by atoms with Crippen LogP contribution in [0, 0.1) is 11.6 Å². The smallest absolute Gasteiger partial charge is 0.346 e. The van der Waals surface area contributed by atoms with Gasteiger partial charge in [0.2, 0.25) is 5.79 Å². The van der Waals surface area contributed by atoms with E-state index < -0.39 is 17.6 Å². The van der Waals surface area contributed by atoms with Crippen LogP contribution in [0.4, 0.5) is 19.3 Å². The van der Waals surface area contributed by atoms with Gasteiger partial charge < -0.3 is 14.8 Å². The number of benzene rings is 3. The number of hydrogen-bond donors (Lipinski definition) is 1. The first-order chi connectivity index (χ1) is 16.7. The number of hydrogen-bond acceptors (Lipinski definition) is 4. The van der Waals surface area contributed by atoms with Gasteiger partial charge in [0.1, 0.15) is 17.3 Å². The average molecular weight is 496 g/mol. The molecule has 0 atom stereocenters. The minimum atomic E-state index is -0.845. The number of rotatable bonds is 4. The number of amides is 1. The molecule has 35 heavy (non-hydrogen) atoms. The average Bonchev–Trinajstić information content (AvgIpc) is 3.40. The van der Waals surface area contributed by atoms with Gasteiger partial charge in [0, 0.05) is 48.5 Å². The molecule has 0 saturated carbocycles. The highest BCUT2D eigenvalue weighted by molar-refractivity contribution is 6.17. The maximum Gasteiger partial charge on any atom is 0.346 e. The highest BCUT2D eigenvalue weighted by atomic mass is 35.5. The number of carbonyl (C=O) groups is 1. The van der Waals surface area contributed by atoms with E-state index in [4.69, 9.17) is 21.1 Å². The second-order valence-corrected chi connectivity index (χ2v) is 8.75. The van der Waals surface area contributed by atoms with E-state index in [9.17, 15) is 13.6 Å². The van der Waals surface area contributed by atoms with Gasteiger partial charge in [0.25, 0.3) is 0 Å². The van der Waals surface area contributed by atoms with Crippen LogP contribution in [0.2, 0.25) is 0 Å². The summed E-state index contributed by atoms with van der Waals surface area (Å²) < 4.78 is 39.7.